The summed E-state index contributed by atoms with van der Waals surface area (Å²) in [5, 5.41) is 10.4. The van der Waals surface area contributed by atoms with Gasteiger partial charge in [0.05, 0.1) is 18.8 Å². The van der Waals surface area contributed by atoms with Gasteiger partial charge in [-0.25, -0.2) is 4.79 Å². The van der Waals surface area contributed by atoms with Gasteiger partial charge in [-0.2, -0.15) is 5.10 Å². The van der Waals surface area contributed by atoms with Gasteiger partial charge in [0.2, 0.25) is 0 Å². The molecule has 7 heteroatoms. The maximum atomic E-state index is 12.3. The van der Waals surface area contributed by atoms with Crippen molar-refractivity contribution in [2.75, 3.05) is 39.9 Å². The first-order chi connectivity index (χ1) is 10.5. The van der Waals surface area contributed by atoms with Crippen LogP contribution in [-0.2, 0) is 11.8 Å². The van der Waals surface area contributed by atoms with Crippen molar-refractivity contribution < 1.29 is 9.53 Å². The van der Waals surface area contributed by atoms with Gasteiger partial charge in [0, 0.05) is 57.5 Å². The fourth-order valence-electron chi connectivity index (χ4n) is 2.99. The standard InChI is InChI=1S/C15H27N5O2/c1-15(2)11-20(13(15)12-9-18-19(3)10-12)14(21)17-6-5-16-7-8-22-4/h9-10,13,16H,5-8,11H2,1-4H3,(H,17,21). The van der Waals surface area contributed by atoms with Crippen LogP contribution in [0.4, 0.5) is 4.79 Å². The number of hydrogen-bond donors (Lipinski definition) is 2. The Labute approximate surface area is 132 Å². The van der Waals surface area contributed by atoms with E-state index in [0.29, 0.717) is 13.2 Å². The van der Waals surface area contributed by atoms with E-state index >= 15 is 0 Å². The quantitative estimate of drug-likeness (QED) is 0.729. The van der Waals surface area contributed by atoms with E-state index in [1.807, 2.05) is 24.3 Å². The third kappa shape index (κ3) is 3.78. The van der Waals surface area contributed by atoms with Crippen LogP contribution in [0, 0.1) is 5.41 Å². The predicted molar refractivity (Wildman–Crippen MR) is 84.6 cm³/mol. The summed E-state index contributed by atoms with van der Waals surface area (Å²) < 4.78 is 6.73. The number of amides is 2. The van der Waals surface area contributed by atoms with Crippen molar-refractivity contribution in [1.82, 2.24) is 25.3 Å². The molecule has 2 amide bonds. The first-order valence-electron chi connectivity index (χ1n) is 7.68. The molecule has 0 spiro atoms. The van der Waals surface area contributed by atoms with Crippen LogP contribution in [0.2, 0.25) is 0 Å². The van der Waals surface area contributed by atoms with E-state index in [2.05, 4.69) is 29.6 Å². The normalized spacial score (nSPS) is 19.8. The molecule has 1 aliphatic heterocycles. The fourth-order valence-corrected chi connectivity index (χ4v) is 2.99. The lowest BCUT2D eigenvalue weighted by Gasteiger charge is -2.53. The number of rotatable bonds is 7. The van der Waals surface area contributed by atoms with E-state index in [1.165, 1.54) is 0 Å². The molecule has 22 heavy (non-hydrogen) atoms. The molecule has 2 rings (SSSR count). The van der Waals surface area contributed by atoms with E-state index in [-0.39, 0.29) is 17.5 Å². The zero-order valence-corrected chi connectivity index (χ0v) is 13.9. The highest BCUT2D eigenvalue weighted by Crippen LogP contribution is 2.47. The molecule has 1 fully saturated rings. The molecule has 0 radical (unpaired) electrons. The number of carbonyl (C=O) groups is 1. The number of nitrogens with zero attached hydrogens (tertiary/aromatic N) is 3. The molecule has 2 heterocycles. The number of aryl methyl sites for hydroxylation is 1. The van der Waals surface area contributed by atoms with E-state index in [4.69, 9.17) is 4.74 Å². The van der Waals surface area contributed by atoms with Gasteiger partial charge in [0.15, 0.2) is 0 Å². The van der Waals surface area contributed by atoms with Gasteiger partial charge in [-0.05, 0) is 0 Å². The van der Waals surface area contributed by atoms with Gasteiger partial charge in [-0.1, -0.05) is 13.8 Å². The largest absolute Gasteiger partial charge is 0.383 e. The van der Waals surface area contributed by atoms with Crippen molar-refractivity contribution in [3.63, 3.8) is 0 Å². The Morgan fingerprint density at radius 1 is 1.45 bits per heavy atom. The van der Waals surface area contributed by atoms with Crippen LogP contribution in [0.1, 0.15) is 25.5 Å². The summed E-state index contributed by atoms with van der Waals surface area (Å²) in [5.41, 5.74) is 1.17. The van der Waals surface area contributed by atoms with Gasteiger partial charge < -0.3 is 20.3 Å². The number of hydrogen-bond acceptors (Lipinski definition) is 4. The summed E-state index contributed by atoms with van der Waals surface area (Å²) in [7, 11) is 3.57. The number of urea groups is 1. The molecular weight excluding hydrogens is 282 g/mol. The second kappa shape index (κ2) is 7.11. The molecule has 1 atom stereocenters. The minimum atomic E-state index is -0.0123. The first-order valence-corrected chi connectivity index (χ1v) is 7.68. The molecule has 1 aromatic rings. The van der Waals surface area contributed by atoms with Gasteiger partial charge in [0.1, 0.15) is 0 Å². The molecule has 124 valence electrons. The summed E-state index contributed by atoms with van der Waals surface area (Å²) in [6, 6.07) is 0.0735. The minimum absolute atomic E-state index is 0.0123. The van der Waals surface area contributed by atoms with Crippen molar-refractivity contribution in [1.29, 1.82) is 0 Å². The topological polar surface area (TPSA) is 71.4 Å². The molecule has 0 aromatic carbocycles. The van der Waals surface area contributed by atoms with E-state index in [9.17, 15) is 4.79 Å². The Morgan fingerprint density at radius 2 is 2.23 bits per heavy atom. The third-order valence-electron chi connectivity index (χ3n) is 3.99. The molecule has 0 bridgehead atoms. The van der Waals surface area contributed by atoms with Crippen LogP contribution in [0.15, 0.2) is 12.4 Å². The highest BCUT2D eigenvalue weighted by Gasteiger charge is 2.49. The van der Waals surface area contributed by atoms with Gasteiger partial charge >= 0.3 is 6.03 Å². The van der Waals surface area contributed by atoms with Crippen LogP contribution < -0.4 is 10.6 Å². The highest BCUT2D eigenvalue weighted by atomic mass is 16.5. The zero-order valence-electron chi connectivity index (χ0n) is 13.9. The molecular formula is C15H27N5O2. The van der Waals surface area contributed by atoms with Crippen molar-refractivity contribution in [2.24, 2.45) is 12.5 Å². The third-order valence-corrected chi connectivity index (χ3v) is 3.99. The van der Waals surface area contributed by atoms with Crippen LogP contribution in [0.3, 0.4) is 0 Å². The monoisotopic (exact) mass is 309 g/mol. The van der Waals surface area contributed by atoms with Crippen molar-refractivity contribution in [3.8, 4) is 0 Å². The molecule has 1 unspecified atom stereocenters. The maximum Gasteiger partial charge on any atom is 0.318 e. The Balaban J connectivity index is 1.82. The zero-order chi connectivity index (χ0) is 16.2. The number of nitrogens with one attached hydrogen (secondary N) is 2. The predicted octanol–water partition coefficient (Wildman–Crippen LogP) is 0.749. The number of ether oxygens (including phenoxy) is 1. The molecule has 7 nitrogen and oxygen atoms in total. The molecule has 1 saturated heterocycles. The second-order valence-corrected chi connectivity index (χ2v) is 6.44. The number of methoxy groups -OCH3 is 1. The smallest absolute Gasteiger partial charge is 0.318 e. The Bertz CT molecular complexity index is 500. The summed E-state index contributed by atoms with van der Waals surface area (Å²) in [6.45, 7) is 7.94. The van der Waals surface area contributed by atoms with Gasteiger partial charge in [0.25, 0.3) is 0 Å². The molecule has 0 aliphatic carbocycles. The van der Waals surface area contributed by atoms with E-state index in [1.54, 1.807) is 11.8 Å². The number of likely N-dealkylation sites (tertiary alicyclic amines) is 1. The minimum Gasteiger partial charge on any atom is -0.383 e. The summed E-state index contributed by atoms with van der Waals surface area (Å²) in [4.78, 5) is 14.2. The van der Waals surface area contributed by atoms with Crippen LogP contribution in [0.5, 0.6) is 0 Å². The maximum absolute atomic E-state index is 12.3. The van der Waals surface area contributed by atoms with Crippen LogP contribution in [0.25, 0.3) is 0 Å². The van der Waals surface area contributed by atoms with E-state index < -0.39 is 0 Å². The molecule has 0 saturated carbocycles. The molecule has 1 aliphatic rings. The molecule has 2 N–H and O–H groups in total. The lowest BCUT2D eigenvalue weighted by molar-refractivity contribution is -0.0164. The number of carbonyl (C=O) groups excluding carboxylic acids is 1. The van der Waals surface area contributed by atoms with Crippen molar-refractivity contribution in [3.05, 3.63) is 18.0 Å². The van der Waals surface area contributed by atoms with E-state index in [0.717, 1.165) is 25.2 Å². The van der Waals surface area contributed by atoms with Crippen LogP contribution >= 0.6 is 0 Å². The molecule has 1 aromatic heterocycles. The average molecular weight is 309 g/mol. The second-order valence-electron chi connectivity index (χ2n) is 6.44. The lowest BCUT2D eigenvalue weighted by Crippen LogP contribution is -2.60. The highest BCUT2D eigenvalue weighted by molar-refractivity contribution is 5.76. The summed E-state index contributed by atoms with van der Waals surface area (Å²) >= 11 is 0. The Hall–Kier alpha value is -1.60. The summed E-state index contributed by atoms with van der Waals surface area (Å²) in [5.74, 6) is 0. The summed E-state index contributed by atoms with van der Waals surface area (Å²) in [6.07, 6.45) is 3.83. The van der Waals surface area contributed by atoms with Crippen molar-refractivity contribution >= 4 is 6.03 Å². The van der Waals surface area contributed by atoms with Gasteiger partial charge in [-0.3, -0.25) is 4.68 Å². The van der Waals surface area contributed by atoms with Gasteiger partial charge in [-0.15, -0.1) is 0 Å². The Kier molecular flexibility index (Phi) is 5.42. The SMILES string of the molecule is COCCNCCNC(=O)N1CC(C)(C)C1c1cnn(C)c1. The van der Waals surface area contributed by atoms with Crippen LogP contribution in [-0.4, -0.2) is 60.6 Å². The Morgan fingerprint density at radius 3 is 2.82 bits per heavy atom. The lowest BCUT2D eigenvalue weighted by atomic mass is 9.72. The fraction of sp³-hybridized carbons (Fsp3) is 0.733. The number of aromatic nitrogens is 2. The average Bonchev–Trinajstić information content (AvgIpc) is 2.85. The first kappa shape index (κ1) is 16.8. The van der Waals surface area contributed by atoms with Crippen molar-refractivity contribution in [2.45, 2.75) is 19.9 Å².